The molecule has 0 aliphatic carbocycles. The quantitative estimate of drug-likeness (QED) is 0.765. The van der Waals surface area contributed by atoms with E-state index < -0.39 is 10.0 Å². The van der Waals surface area contributed by atoms with E-state index in [2.05, 4.69) is 10.0 Å². The third-order valence-electron chi connectivity index (χ3n) is 3.10. The molecule has 0 aromatic heterocycles. The number of ether oxygens (including phenoxy) is 1. The van der Waals surface area contributed by atoms with Gasteiger partial charge in [0.05, 0.1) is 11.5 Å². The number of nitrogens with one attached hydrogen (secondary N) is 2. The number of hydrogen-bond acceptors (Lipinski definition) is 4. The number of hydrogen-bond donors (Lipinski definition) is 2. The Morgan fingerprint density at radius 2 is 1.76 bits per heavy atom. The van der Waals surface area contributed by atoms with Gasteiger partial charge in [0.1, 0.15) is 5.75 Å². The summed E-state index contributed by atoms with van der Waals surface area (Å²) in [4.78, 5) is 0.276. The average Bonchev–Trinajstić information content (AvgIpc) is 2.48. The number of benzene rings is 2. The molecule has 0 aliphatic heterocycles. The minimum absolute atomic E-state index is 0.276. The monoisotopic (exact) mass is 308 g/mol. The maximum Gasteiger partial charge on any atom is 0.241 e. The van der Waals surface area contributed by atoms with Gasteiger partial charge >= 0.3 is 0 Å². The second-order valence-corrected chi connectivity index (χ2v) is 6.28. The van der Waals surface area contributed by atoms with Gasteiger partial charge in [-0.2, -0.15) is 0 Å². The molecular formula is C15H20N2O3S. The standard InChI is InChI=1S/C15H20N2O3S/c1-3-20-14-8-9-15(13-7-5-4-6-12(13)14)21(18,19)17-11-10-16-2/h4-9,16-17H,3,10-11H2,1-2H3. The fraction of sp³-hybridized carbons (Fsp3) is 0.333. The molecule has 0 heterocycles. The Morgan fingerprint density at radius 3 is 2.43 bits per heavy atom. The van der Waals surface area contributed by atoms with Crippen molar-refractivity contribution in [2.24, 2.45) is 0 Å². The van der Waals surface area contributed by atoms with Crippen molar-refractivity contribution in [1.82, 2.24) is 10.0 Å². The van der Waals surface area contributed by atoms with E-state index in [1.165, 1.54) is 0 Å². The minimum atomic E-state index is -3.54. The van der Waals surface area contributed by atoms with Gasteiger partial charge in [-0.05, 0) is 26.1 Å². The third kappa shape index (κ3) is 3.53. The first kappa shape index (κ1) is 15.8. The fourth-order valence-electron chi connectivity index (χ4n) is 2.15. The molecule has 0 radical (unpaired) electrons. The second kappa shape index (κ2) is 6.89. The van der Waals surface area contributed by atoms with E-state index >= 15 is 0 Å². The van der Waals surface area contributed by atoms with Gasteiger partial charge in [-0.15, -0.1) is 0 Å². The Morgan fingerprint density at radius 1 is 1.05 bits per heavy atom. The predicted molar refractivity (Wildman–Crippen MR) is 84.2 cm³/mol. The summed E-state index contributed by atoms with van der Waals surface area (Å²) in [5.74, 6) is 0.697. The van der Waals surface area contributed by atoms with Gasteiger partial charge < -0.3 is 10.1 Å². The van der Waals surface area contributed by atoms with Gasteiger partial charge in [-0.3, -0.25) is 0 Å². The number of rotatable bonds is 7. The number of likely N-dealkylation sites (N-methyl/N-ethyl adjacent to an activating group) is 1. The van der Waals surface area contributed by atoms with Crippen LogP contribution in [0.5, 0.6) is 5.75 Å². The summed E-state index contributed by atoms with van der Waals surface area (Å²) in [6, 6.07) is 10.7. The van der Waals surface area contributed by atoms with Crippen molar-refractivity contribution in [3.63, 3.8) is 0 Å². The molecule has 114 valence electrons. The number of sulfonamides is 1. The molecule has 2 N–H and O–H groups in total. The molecule has 21 heavy (non-hydrogen) atoms. The van der Waals surface area contributed by atoms with E-state index in [9.17, 15) is 8.42 Å². The minimum Gasteiger partial charge on any atom is -0.493 e. The molecule has 0 saturated carbocycles. The van der Waals surface area contributed by atoms with Crippen molar-refractivity contribution >= 4 is 20.8 Å². The van der Waals surface area contributed by atoms with Crippen LogP contribution in [0.25, 0.3) is 10.8 Å². The molecule has 0 atom stereocenters. The molecule has 6 heteroatoms. The van der Waals surface area contributed by atoms with E-state index in [0.717, 1.165) is 5.39 Å². The Labute approximate surface area is 125 Å². The van der Waals surface area contributed by atoms with Crippen molar-refractivity contribution in [2.75, 3.05) is 26.7 Å². The smallest absolute Gasteiger partial charge is 0.241 e. The Kier molecular flexibility index (Phi) is 5.17. The first-order valence-corrected chi connectivity index (χ1v) is 8.37. The highest BCUT2D eigenvalue weighted by Gasteiger charge is 2.18. The molecule has 2 aromatic rings. The van der Waals surface area contributed by atoms with E-state index in [-0.39, 0.29) is 4.90 Å². The summed E-state index contributed by atoms with van der Waals surface area (Å²) in [5.41, 5.74) is 0. The lowest BCUT2D eigenvalue weighted by atomic mass is 10.1. The highest BCUT2D eigenvalue weighted by atomic mass is 32.2. The molecule has 2 rings (SSSR count). The van der Waals surface area contributed by atoms with Crippen molar-refractivity contribution in [3.8, 4) is 5.75 Å². The third-order valence-corrected chi connectivity index (χ3v) is 4.62. The summed E-state index contributed by atoms with van der Waals surface area (Å²) >= 11 is 0. The van der Waals surface area contributed by atoms with Gasteiger partial charge in [-0.25, -0.2) is 13.1 Å². The molecule has 0 amide bonds. The van der Waals surface area contributed by atoms with Crippen molar-refractivity contribution in [2.45, 2.75) is 11.8 Å². The summed E-state index contributed by atoms with van der Waals surface area (Å²) in [6.07, 6.45) is 0. The molecule has 0 saturated heterocycles. The summed E-state index contributed by atoms with van der Waals surface area (Å²) < 4.78 is 33.0. The van der Waals surface area contributed by atoms with Crippen LogP contribution in [0.1, 0.15) is 6.92 Å². The van der Waals surface area contributed by atoms with Crippen LogP contribution in [-0.4, -0.2) is 35.2 Å². The fourth-order valence-corrected chi connectivity index (χ4v) is 3.39. The molecular weight excluding hydrogens is 288 g/mol. The topological polar surface area (TPSA) is 67.4 Å². The van der Waals surface area contributed by atoms with E-state index in [1.54, 1.807) is 25.2 Å². The van der Waals surface area contributed by atoms with Crippen LogP contribution in [-0.2, 0) is 10.0 Å². The molecule has 0 spiro atoms. The van der Waals surface area contributed by atoms with E-state index in [0.29, 0.717) is 30.8 Å². The van der Waals surface area contributed by atoms with Crippen molar-refractivity contribution in [1.29, 1.82) is 0 Å². The van der Waals surface area contributed by atoms with E-state index in [1.807, 2.05) is 25.1 Å². The van der Waals surface area contributed by atoms with Gasteiger partial charge in [0.2, 0.25) is 10.0 Å². The highest BCUT2D eigenvalue weighted by molar-refractivity contribution is 7.89. The second-order valence-electron chi connectivity index (χ2n) is 4.54. The first-order chi connectivity index (χ1) is 10.1. The van der Waals surface area contributed by atoms with Crippen LogP contribution in [0.2, 0.25) is 0 Å². The zero-order valence-electron chi connectivity index (χ0n) is 12.2. The van der Waals surface area contributed by atoms with Crippen LogP contribution in [0.3, 0.4) is 0 Å². The van der Waals surface area contributed by atoms with Crippen LogP contribution in [0, 0.1) is 0 Å². The first-order valence-electron chi connectivity index (χ1n) is 6.89. The van der Waals surface area contributed by atoms with Crippen LogP contribution in [0.4, 0.5) is 0 Å². The Bertz CT molecular complexity index is 714. The summed E-state index contributed by atoms with van der Waals surface area (Å²) in [5, 5.41) is 4.38. The predicted octanol–water partition coefficient (Wildman–Crippen LogP) is 1.74. The molecule has 0 bridgehead atoms. The molecule has 0 aliphatic rings. The highest BCUT2D eigenvalue weighted by Crippen LogP contribution is 2.30. The van der Waals surface area contributed by atoms with Crippen molar-refractivity contribution in [3.05, 3.63) is 36.4 Å². The molecule has 2 aromatic carbocycles. The van der Waals surface area contributed by atoms with Crippen LogP contribution in [0.15, 0.2) is 41.3 Å². The summed E-state index contributed by atoms with van der Waals surface area (Å²) in [7, 11) is -1.76. The van der Waals surface area contributed by atoms with Gasteiger partial charge in [0, 0.05) is 23.9 Å². The molecule has 0 unspecified atom stereocenters. The summed E-state index contributed by atoms with van der Waals surface area (Å²) in [6.45, 7) is 3.36. The SMILES string of the molecule is CCOc1ccc(S(=O)(=O)NCCNC)c2ccccc12. The van der Waals surface area contributed by atoms with E-state index in [4.69, 9.17) is 4.74 Å². The van der Waals surface area contributed by atoms with Crippen LogP contribution >= 0.6 is 0 Å². The number of fused-ring (bicyclic) bond motifs is 1. The van der Waals surface area contributed by atoms with Crippen LogP contribution < -0.4 is 14.8 Å². The van der Waals surface area contributed by atoms with Gasteiger partial charge in [-0.1, -0.05) is 24.3 Å². The lowest BCUT2D eigenvalue weighted by Gasteiger charge is -2.12. The van der Waals surface area contributed by atoms with Gasteiger partial charge in [0.15, 0.2) is 0 Å². The Hall–Kier alpha value is -1.63. The Balaban J connectivity index is 2.48. The maximum absolute atomic E-state index is 12.4. The van der Waals surface area contributed by atoms with Crippen molar-refractivity contribution < 1.29 is 13.2 Å². The maximum atomic E-state index is 12.4. The lowest BCUT2D eigenvalue weighted by molar-refractivity contribution is 0.344. The molecule has 0 fully saturated rings. The largest absolute Gasteiger partial charge is 0.493 e. The lowest BCUT2D eigenvalue weighted by Crippen LogP contribution is -2.30. The zero-order chi connectivity index (χ0) is 15.3. The average molecular weight is 308 g/mol. The molecule has 5 nitrogen and oxygen atoms in total. The zero-order valence-corrected chi connectivity index (χ0v) is 13.0. The van der Waals surface area contributed by atoms with Gasteiger partial charge in [0.25, 0.3) is 0 Å². The normalized spacial score (nSPS) is 11.7.